The van der Waals surface area contributed by atoms with Crippen LogP contribution in [0.2, 0.25) is 5.02 Å². The molecule has 1 nitrogen and oxygen atoms in total. The van der Waals surface area contributed by atoms with Crippen LogP contribution in [0, 0.1) is 0 Å². The number of hydrogen-bond acceptors (Lipinski definition) is 2. The predicted octanol–water partition coefficient (Wildman–Crippen LogP) is 3.99. The first-order valence-corrected chi connectivity index (χ1v) is 6.22. The summed E-state index contributed by atoms with van der Waals surface area (Å²) < 4.78 is 39.3. The van der Waals surface area contributed by atoms with Crippen molar-refractivity contribution in [2.75, 3.05) is 0 Å². The van der Waals surface area contributed by atoms with Crippen molar-refractivity contribution < 1.29 is 17.7 Å². The lowest BCUT2D eigenvalue weighted by Gasteiger charge is -1.98. The van der Waals surface area contributed by atoms with Crippen molar-refractivity contribution in [1.29, 1.82) is 0 Å². The highest BCUT2D eigenvalue weighted by atomic mass is 35.5. The highest BCUT2D eigenvalue weighted by molar-refractivity contribution is 8.01. The van der Waals surface area contributed by atoms with Gasteiger partial charge in [-0.1, -0.05) is 22.9 Å². The number of alkyl halides is 3. The lowest BCUT2D eigenvalue weighted by molar-refractivity contribution is -0.677. The number of aromatic nitrogens is 1. The first-order chi connectivity index (χ1) is 7.37. The van der Waals surface area contributed by atoms with E-state index in [4.69, 9.17) is 11.6 Å². The third-order valence-corrected chi connectivity index (χ3v) is 4.37. The SMILES string of the molecule is C[n+]1c(SC(F)(F)F)sc2cc(Cl)ccc21. The van der Waals surface area contributed by atoms with E-state index in [9.17, 15) is 13.2 Å². The molecule has 2 rings (SSSR count). The van der Waals surface area contributed by atoms with Crippen molar-refractivity contribution in [2.45, 2.75) is 9.85 Å². The maximum Gasteiger partial charge on any atom is 0.452 e. The van der Waals surface area contributed by atoms with E-state index in [0.29, 0.717) is 5.02 Å². The molecule has 0 aliphatic rings. The summed E-state index contributed by atoms with van der Waals surface area (Å²) in [5.74, 6) is 0. The van der Waals surface area contributed by atoms with Gasteiger partial charge in [-0.3, -0.25) is 0 Å². The molecule has 0 radical (unpaired) electrons. The van der Waals surface area contributed by atoms with Crippen LogP contribution < -0.4 is 4.57 Å². The van der Waals surface area contributed by atoms with Crippen LogP contribution in [0.25, 0.3) is 10.2 Å². The number of halogens is 4. The maximum atomic E-state index is 12.3. The molecule has 0 saturated carbocycles. The second-order valence-electron chi connectivity index (χ2n) is 3.09. The van der Waals surface area contributed by atoms with E-state index < -0.39 is 5.51 Å². The average molecular weight is 285 g/mol. The topological polar surface area (TPSA) is 3.88 Å². The molecule has 7 heteroatoms. The molecule has 1 heterocycles. The van der Waals surface area contributed by atoms with Gasteiger partial charge < -0.3 is 0 Å². The van der Waals surface area contributed by atoms with Crippen molar-refractivity contribution in [3.63, 3.8) is 0 Å². The Hall–Kier alpha value is -0.460. The van der Waals surface area contributed by atoms with Gasteiger partial charge in [0.25, 0.3) is 0 Å². The molecule has 1 aromatic heterocycles. The van der Waals surface area contributed by atoms with Crippen molar-refractivity contribution >= 4 is 44.9 Å². The number of rotatable bonds is 1. The molecule has 0 N–H and O–H groups in total. The van der Waals surface area contributed by atoms with E-state index in [2.05, 4.69) is 0 Å². The number of thioether (sulfide) groups is 1. The molecule has 0 spiro atoms. The summed E-state index contributed by atoms with van der Waals surface area (Å²) in [6.07, 6.45) is 0. The fourth-order valence-corrected chi connectivity index (χ4v) is 3.60. The molecular weight excluding hydrogens is 279 g/mol. The Kier molecular flexibility index (Phi) is 3.07. The van der Waals surface area contributed by atoms with E-state index in [1.807, 2.05) is 0 Å². The molecule has 0 atom stereocenters. The second-order valence-corrected chi connectivity index (χ2v) is 5.87. The van der Waals surface area contributed by atoms with Crippen LogP contribution in [0.15, 0.2) is 22.5 Å². The minimum Gasteiger partial charge on any atom is -0.179 e. The van der Waals surface area contributed by atoms with Crippen molar-refractivity contribution in [2.24, 2.45) is 7.05 Å². The maximum absolute atomic E-state index is 12.3. The molecule has 0 aliphatic carbocycles. The Morgan fingerprint density at radius 1 is 1.38 bits per heavy atom. The number of aryl methyl sites for hydroxylation is 1. The summed E-state index contributed by atoms with van der Waals surface area (Å²) in [6.45, 7) is 0. The summed E-state index contributed by atoms with van der Waals surface area (Å²) in [4.78, 5) is 0. The van der Waals surface area contributed by atoms with E-state index in [-0.39, 0.29) is 16.1 Å². The second kappa shape index (κ2) is 4.09. The van der Waals surface area contributed by atoms with Gasteiger partial charge in [0.15, 0.2) is 0 Å². The number of hydrogen-bond donors (Lipinski definition) is 0. The minimum absolute atomic E-state index is 0.103. The number of fused-ring (bicyclic) bond motifs is 1. The Morgan fingerprint density at radius 2 is 2.06 bits per heavy atom. The first-order valence-electron chi connectivity index (χ1n) is 4.20. The van der Waals surface area contributed by atoms with Crippen LogP contribution in [0.3, 0.4) is 0 Å². The number of nitrogens with zero attached hydrogens (tertiary/aromatic N) is 1. The Balaban J connectivity index is 2.52. The molecule has 0 unspecified atom stereocenters. The smallest absolute Gasteiger partial charge is 0.179 e. The molecular formula is C9H6ClF3NS2+. The molecule has 0 fully saturated rings. The van der Waals surface area contributed by atoms with Gasteiger partial charge >= 0.3 is 9.85 Å². The van der Waals surface area contributed by atoms with E-state index in [1.54, 1.807) is 25.2 Å². The van der Waals surface area contributed by atoms with Crippen molar-refractivity contribution in [3.8, 4) is 0 Å². The van der Waals surface area contributed by atoms with Crippen molar-refractivity contribution in [3.05, 3.63) is 23.2 Å². The van der Waals surface area contributed by atoms with Gasteiger partial charge in [0.1, 0.15) is 11.7 Å². The van der Waals surface area contributed by atoms with Crippen LogP contribution in [0.4, 0.5) is 13.2 Å². The molecule has 0 saturated heterocycles. The summed E-state index contributed by atoms with van der Waals surface area (Å²) in [5, 5.41) is 0.526. The summed E-state index contributed by atoms with van der Waals surface area (Å²) in [7, 11) is 1.61. The monoisotopic (exact) mass is 284 g/mol. The normalized spacial score (nSPS) is 12.3. The van der Waals surface area contributed by atoms with E-state index >= 15 is 0 Å². The van der Waals surface area contributed by atoms with Crippen LogP contribution in [-0.2, 0) is 7.05 Å². The Morgan fingerprint density at radius 3 is 2.69 bits per heavy atom. The zero-order valence-corrected chi connectivity index (χ0v) is 10.4. The zero-order chi connectivity index (χ0) is 11.9. The third-order valence-electron chi connectivity index (χ3n) is 1.96. The highest BCUT2D eigenvalue weighted by Crippen LogP contribution is 2.39. The number of thiazole rings is 1. The van der Waals surface area contributed by atoms with Crippen molar-refractivity contribution in [1.82, 2.24) is 0 Å². The lowest BCUT2D eigenvalue weighted by Crippen LogP contribution is -2.29. The molecule has 16 heavy (non-hydrogen) atoms. The zero-order valence-electron chi connectivity index (χ0n) is 8.01. The van der Waals surface area contributed by atoms with E-state index in [1.165, 1.54) is 4.57 Å². The van der Waals surface area contributed by atoms with Crippen LogP contribution in [0.1, 0.15) is 0 Å². The minimum atomic E-state index is -4.26. The third kappa shape index (κ3) is 2.44. The molecule has 0 amide bonds. The Bertz CT molecular complexity index is 535. The first kappa shape index (κ1) is 12.0. The van der Waals surface area contributed by atoms with Gasteiger partial charge in [-0.05, 0) is 12.1 Å². The standard InChI is InChI=1S/C9H6ClF3NS2/c1-14-6-3-2-5(10)4-7(6)15-8(14)16-9(11,12)13/h2-4H,1H3/q+1. The van der Waals surface area contributed by atoms with E-state index in [0.717, 1.165) is 21.6 Å². The summed E-state index contributed by atoms with van der Waals surface area (Å²) in [5.41, 5.74) is -3.51. The van der Waals surface area contributed by atoms with Gasteiger partial charge in [0, 0.05) is 11.1 Å². The molecule has 86 valence electrons. The molecule has 2 aromatic rings. The van der Waals surface area contributed by atoms with Gasteiger partial charge in [-0.2, -0.15) is 17.7 Å². The van der Waals surface area contributed by atoms with Gasteiger partial charge in [-0.25, -0.2) is 0 Å². The van der Waals surface area contributed by atoms with Gasteiger partial charge in [0.2, 0.25) is 5.52 Å². The highest BCUT2D eigenvalue weighted by Gasteiger charge is 2.35. The molecule has 0 aliphatic heterocycles. The van der Waals surface area contributed by atoms with Crippen LogP contribution >= 0.6 is 34.7 Å². The van der Waals surface area contributed by atoms with Gasteiger partial charge in [-0.15, -0.1) is 0 Å². The Labute approximate surface area is 103 Å². The fraction of sp³-hybridized carbons (Fsp3) is 0.222. The molecule has 0 bridgehead atoms. The predicted molar refractivity (Wildman–Crippen MR) is 59.9 cm³/mol. The largest absolute Gasteiger partial charge is 0.452 e. The fourth-order valence-electron chi connectivity index (χ4n) is 1.30. The summed E-state index contributed by atoms with van der Waals surface area (Å²) >= 11 is 6.77. The van der Waals surface area contributed by atoms with Crippen LogP contribution in [0.5, 0.6) is 0 Å². The van der Waals surface area contributed by atoms with Crippen LogP contribution in [-0.4, -0.2) is 5.51 Å². The molecule has 1 aromatic carbocycles. The number of benzene rings is 1. The van der Waals surface area contributed by atoms with Gasteiger partial charge in [0.05, 0.1) is 11.8 Å². The average Bonchev–Trinajstić information content (AvgIpc) is 2.40. The summed E-state index contributed by atoms with van der Waals surface area (Å²) in [6, 6.07) is 5.05. The quantitative estimate of drug-likeness (QED) is 0.566. The lowest BCUT2D eigenvalue weighted by atomic mass is 10.3.